The van der Waals surface area contributed by atoms with Crippen LogP contribution in [0.15, 0.2) is 63.2 Å². The van der Waals surface area contributed by atoms with Gasteiger partial charge in [-0.3, -0.25) is 0 Å². The fraction of sp³-hybridized carbons (Fsp3) is 0.429. The number of primary sulfonamides is 1. The first-order chi connectivity index (χ1) is 15.8. The molecule has 1 fully saturated rings. The number of sulfonamides is 1. The number of halogens is 3. The van der Waals surface area contributed by atoms with Crippen molar-refractivity contribution in [2.75, 3.05) is 24.7 Å². The molecule has 1 saturated carbocycles. The van der Waals surface area contributed by atoms with Gasteiger partial charge in [0.2, 0.25) is 10.0 Å². The summed E-state index contributed by atoms with van der Waals surface area (Å²) in [4.78, 5) is 1.16. The lowest BCUT2D eigenvalue weighted by atomic mass is 10.2. The predicted molar refractivity (Wildman–Crippen MR) is 126 cm³/mol. The number of sulfone groups is 1. The summed E-state index contributed by atoms with van der Waals surface area (Å²) in [6, 6.07) is 11.8. The molecule has 2 aromatic rings. The first kappa shape index (κ1) is 26.8. The lowest BCUT2D eigenvalue weighted by Gasteiger charge is -2.25. The highest BCUT2D eigenvalue weighted by molar-refractivity contribution is 7.99. The molecule has 0 aliphatic heterocycles. The number of alkyl halides is 3. The number of rotatable bonds is 11. The topological polar surface area (TPSA) is 110 Å². The summed E-state index contributed by atoms with van der Waals surface area (Å²) in [5, 5.41) is 8.03. The zero-order chi connectivity index (χ0) is 25.1. The van der Waals surface area contributed by atoms with Crippen LogP contribution in [0.25, 0.3) is 0 Å². The molecule has 188 valence electrons. The summed E-state index contributed by atoms with van der Waals surface area (Å²) in [5.74, 6) is 0.354. The average molecular weight is 538 g/mol. The minimum Gasteiger partial charge on any atom is -0.379 e. The van der Waals surface area contributed by atoms with Crippen molar-refractivity contribution in [3.8, 4) is 0 Å². The maximum absolute atomic E-state index is 13.4. The van der Waals surface area contributed by atoms with Crippen LogP contribution in [-0.2, 0) is 19.9 Å². The molecule has 0 radical (unpaired) electrons. The second-order valence-corrected chi connectivity index (χ2v) is 12.6. The number of nitrogens with one attached hydrogen (secondary N) is 1. The third-order valence-corrected chi connectivity index (χ3v) is 9.09. The van der Waals surface area contributed by atoms with E-state index in [0.717, 1.165) is 35.9 Å². The SMILES string of the molecule is CN(CC[C@H](CSc1ccccc1)Nc1c(S(N)(=O)=O)cccc1S(=O)(=O)C(F)(F)F)C1CC1. The second-order valence-electron chi connectivity index (χ2n) is 8.09. The molecular formula is C21H26F3N3O4S3. The quantitative estimate of drug-likeness (QED) is 0.421. The van der Waals surface area contributed by atoms with E-state index in [1.165, 1.54) is 11.8 Å². The van der Waals surface area contributed by atoms with E-state index in [4.69, 9.17) is 5.14 Å². The van der Waals surface area contributed by atoms with Crippen molar-refractivity contribution in [1.82, 2.24) is 4.90 Å². The van der Waals surface area contributed by atoms with Gasteiger partial charge in [-0.25, -0.2) is 22.0 Å². The molecule has 0 heterocycles. The van der Waals surface area contributed by atoms with Gasteiger partial charge in [0.25, 0.3) is 9.84 Å². The van der Waals surface area contributed by atoms with E-state index in [0.29, 0.717) is 24.8 Å². The van der Waals surface area contributed by atoms with Gasteiger partial charge in [0.15, 0.2) is 0 Å². The van der Waals surface area contributed by atoms with Crippen molar-refractivity contribution in [3.05, 3.63) is 48.5 Å². The van der Waals surface area contributed by atoms with Gasteiger partial charge in [0, 0.05) is 29.3 Å². The maximum Gasteiger partial charge on any atom is 0.501 e. The molecule has 1 aliphatic carbocycles. The highest BCUT2D eigenvalue weighted by atomic mass is 32.2. The molecule has 1 aliphatic rings. The van der Waals surface area contributed by atoms with Crippen molar-refractivity contribution in [2.24, 2.45) is 5.14 Å². The van der Waals surface area contributed by atoms with Gasteiger partial charge >= 0.3 is 5.51 Å². The smallest absolute Gasteiger partial charge is 0.379 e. The first-order valence-corrected chi connectivity index (χ1v) is 14.4. The Hall–Kier alpha value is -1.80. The summed E-state index contributed by atoms with van der Waals surface area (Å²) in [6.07, 6.45) is 2.57. The molecular weight excluding hydrogens is 511 g/mol. The third kappa shape index (κ3) is 6.66. The van der Waals surface area contributed by atoms with Crippen LogP contribution in [0.1, 0.15) is 19.3 Å². The minimum absolute atomic E-state index is 0.354. The number of benzene rings is 2. The summed E-state index contributed by atoms with van der Waals surface area (Å²) in [6.45, 7) is 0.594. The fourth-order valence-electron chi connectivity index (χ4n) is 3.41. The number of hydrogen-bond donors (Lipinski definition) is 2. The molecule has 0 amide bonds. The van der Waals surface area contributed by atoms with Gasteiger partial charge in [-0.15, -0.1) is 11.8 Å². The molecule has 13 heteroatoms. The number of hydrogen-bond acceptors (Lipinski definition) is 7. The molecule has 2 aromatic carbocycles. The van der Waals surface area contributed by atoms with E-state index in [9.17, 15) is 30.0 Å². The van der Waals surface area contributed by atoms with Crippen LogP contribution in [0.5, 0.6) is 0 Å². The number of para-hydroxylation sites is 1. The van der Waals surface area contributed by atoms with Gasteiger partial charge < -0.3 is 10.2 Å². The summed E-state index contributed by atoms with van der Waals surface area (Å²) < 4.78 is 89.0. The number of nitrogens with zero attached hydrogens (tertiary/aromatic N) is 1. The molecule has 0 spiro atoms. The zero-order valence-corrected chi connectivity index (χ0v) is 20.8. The van der Waals surface area contributed by atoms with Crippen LogP contribution < -0.4 is 10.5 Å². The summed E-state index contributed by atoms with van der Waals surface area (Å²) in [7, 11) is -8.42. The molecule has 3 N–H and O–H groups in total. The summed E-state index contributed by atoms with van der Waals surface area (Å²) in [5.41, 5.74) is -6.27. The largest absolute Gasteiger partial charge is 0.501 e. The molecule has 0 saturated heterocycles. The lowest BCUT2D eigenvalue weighted by Crippen LogP contribution is -2.32. The number of anilines is 1. The highest BCUT2D eigenvalue weighted by Gasteiger charge is 2.48. The lowest BCUT2D eigenvalue weighted by molar-refractivity contribution is -0.0435. The van der Waals surface area contributed by atoms with Crippen molar-refractivity contribution >= 4 is 37.3 Å². The van der Waals surface area contributed by atoms with Crippen molar-refractivity contribution in [1.29, 1.82) is 0 Å². The maximum atomic E-state index is 13.4. The van der Waals surface area contributed by atoms with E-state index in [-0.39, 0.29) is 0 Å². The van der Waals surface area contributed by atoms with Gasteiger partial charge in [-0.1, -0.05) is 24.3 Å². The Bertz CT molecular complexity index is 1200. The van der Waals surface area contributed by atoms with Crippen molar-refractivity contribution < 1.29 is 30.0 Å². The van der Waals surface area contributed by atoms with Crippen LogP contribution in [0, 0.1) is 0 Å². The Balaban J connectivity index is 1.98. The van der Waals surface area contributed by atoms with E-state index < -0.39 is 46.9 Å². The Morgan fingerprint density at radius 2 is 1.68 bits per heavy atom. The Kier molecular flexibility index (Phi) is 8.23. The van der Waals surface area contributed by atoms with Crippen molar-refractivity contribution in [2.45, 2.75) is 51.5 Å². The van der Waals surface area contributed by atoms with Gasteiger partial charge in [-0.2, -0.15) is 13.2 Å². The van der Waals surface area contributed by atoms with Gasteiger partial charge in [0.1, 0.15) is 9.79 Å². The molecule has 34 heavy (non-hydrogen) atoms. The standard InChI is InChI=1S/C21H26F3N3O4S3/c1-27(16-10-11-16)13-12-15(14-32-17-6-3-2-4-7-17)26-20-18(33(28,29)21(22,23)24)8-5-9-19(20)34(25,30)31/h2-9,15-16,26H,10-14H2,1H3,(H2,25,30,31)/t15-/m1/s1. The van der Waals surface area contributed by atoms with Crippen molar-refractivity contribution in [3.63, 3.8) is 0 Å². The first-order valence-electron chi connectivity index (χ1n) is 10.4. The van der Waals surface area contributed by atoms with E-state index in [1.807, 2.05) is 37.4 Å². The molecule has 1 atom stereocenters. The van der Waals surface area contributed by atoms with Crippen LogP contribution in [-0.4, -0.2) is 58.7 Å². The molecule has 0 bridgehead atoms. The van der Waals surface area contributed by atoms with E-state index in [1.54, 1.807) is 0 Å². The third-order valence-electron chi connectivity index (χ3n) is 5.43. The Labute approximate surface area is 201 Å². The summed E-state index contributed by atoms with van der Waals surface area (Å²) >= 11 is 1.42. The molecule has 0 unspecified atom stereocenters. The second kappa shape index (κ2) is 10.4. The van der Waals surface area contributed by atoms with Gasteiger partial charge in [-0.05, 0) is 50.6 Å². The monoisotopic (exact) mass is 537 g/mol. The van der Waals surface area contributed by atoms with E-state index >= 15 is 0 Å². The van der Waals surface area contributed by atoms with Crippen LogP contribution >= 0.6 is 11.8 Å². The fourth-order valence-corrected chi connectivity index (χ4v) is 6.14. The number of thioether (sulfide) groups is 1. The predicted octanol–water partition coefficient (Wildman–Crippen LogP) is 3.68. The molecule has 3 rings (SSSR count). The van der Waals surface area contributed by atoms with Gasteiger partial charge in [0.05, 0.1) is 5.69 Å². The molecule has 0 aromatic heterocycles. The van der Waals surface area contributed by atoms with Crippen LogP contribution in [0.3, 0.4) is 0 Å². The normalized spacial score (nSPS) is 15.9. The number of nitrogens with two attached hydrogens (primary N) is 1. The van der Waals surface area contributed by atoms with Crippen LogP contribution in [0.2, 0.25) is 0 Å². The highest BCUT2D eigenvalue weighted by Crippen LogP contribution is 2.38. The molecule has 7 nitrogen and oxygen atoms in total. The van der Waals surface area contributed by atoms with Crippen LogP contribution in [0.4, 0.5) is 18.9 Å². The average Bonchev–Trinajstić information content (AvgIpc) is 3.60. The van der Waals surface area contributed by atoms with E-state index in [2.05, 4.69) is 10.2 Å². The zero-order valence-electron chi connectivity index (χ0n) is 18.3. The minimum atomic E-state index is -5.84. The Morgan fingerprint density at radius 1 is 1.06 bits per heavy atom. The Morgan fingerprint density at radius 3 is 2.24 bits per heavy atom.